The Morgan fingerprint density at radius 3 is 2.62 bits per heavy atom. The van der Waals surface area contributed by atoms with Crippen molar-refractivity contribution in [3.8, 4) is 17.0 Å². The van der Waals surface area contributed by atoms with Gasteiger partial charge in [0.15, 0.2) is 5.69 Å². The van der Waals surface area contributed by atoms with Gasteiger partial charge in [0.05, 0.1) is 19.4 Å². The molecule has 0 saturated carbocycles. The largest absolute Gasteiger partial charge is 0.496 e. The number of carboxylic acid groups (broad SMARTS) is 1. The van der Waals surface area contributed by atoms with Crippen LogP contribution in [0.1, 0.15) is 16.1 Å². The Hall–Kier alpha value is -2.05. The highest BCUT2D eigenvalue weighted by molar-refractivity contribution is 6.31. The molecule has 0 unspecified atom stereocenters. The molecule has 0 aliphatic heterocycles. The highest BCUT2D eigenvalue weighted by Gasteiger charge is 2.19. The molecule has 0 radical (unpaired) electrons. The second-order valence-corrected chi connectivity index (χ2v) is 4.86. The summed E-state index contributed by atoms with van der Waals surface area (Å²) in [7, 11) is 4.77. The molecule has 0 aliphatic carbocycles. The van der Waals surface area contributed by atoms with Crippen LogP contribution in [0.15, 0.2) is 18.2 Å². The van der Waals surface area contributed by atoms with E-state index in [9.17, 15) is 4.79 Å². The summed E-state index contributed by atoms with van der Waals surface area (Å²) in [4.78, 5) is 11.1. The van der Waals surface area contributed by atoms with E-state index in [0.717, 1.165) is 5.56 Å². The third kappa shape index (κ3) is 3.01. The number of rotatable bonds is 5. The van der Waals surface area contributed by atoms with E-state index in [2.05, 4.69) is 5.10 Å². The van der Waals surface area contributed by atoms with Crippen molar-refractivity contribution < 1.29 is 19.4 Å². The van der Waals surface area contributed by atoms with Gasteiger partial charge in [-0.05, 0) is 23.8 Å². The van der Waals surface area contributed by atoms with Gasteiger partial charge in [-0.3, -0.25) is 4.68 Å². The van der Waals surface area contributed by atoms with Crippen molar-refractivity contribution in [1.29, 1.82) is 0 Å². The van der Waals surface area contributed by atoms with Crippen LogP contribution < -0.4 is 4.74 Å². The van der Waals surface area contributed by atoms with Gasteiger partial charge in [-0.1, -0.05) is 11.6 Å². The van der Waals surface area contributed by atoms with Crippen LogP contribution in [0.5, 0.6) is 5.75 Å². The molecule has 0 fully saturated rings. The molecule has 6 nitrogen and oxygen atoms in total. The molecule has 2 aromatic rings. The van der Waals surface area contributed by atoms with E-state index >= 15 is 0 Å². The zero-order valence-corrected chi connectivity index (χ0v) is 12.6. The molecular formula is C14H15ClN2O4. The minimum atomic E-state index is -1.09. The lowest BCUT2D eigenvalue weighted by Crippen LogP contribution is -2.02. The van der Waals surface area contributed by atoms with Crippen molar-refractivity contribution in [2.45, 2.75) is 6.61 Å². The highest BCUT2D eigenvalue weighted by Crippen LogP contribution is 2.36. The first-order valence-electron chi connectivity index (χ1n) is 6.11. The number of nitrogens with zero attached hydrogens (tertiary/aromatic N) is 2. The summed E-state index contributed by atoms with van der Waals surface area (Å²) < 4.78 is 12.0. The van der Waals surface area contributed by atoms with Crippen molar-refractivity contribution in [1.82, 2.24) is 9.78 Å². The van der Waals surface area contributed by atoms with Crippen LogP contribution >= 0.6 is 11.6 Å². The molecule has 1 N–H and O–H groups in total. The van der Waals surface area contributed by atoms with Gasteiger partial charge in [0.25, 0.3) is 0 Å². The normalized spacial score (nSPS) is 10.7. The highest BCUT2D eigenvalue weighted by atomic mass is 35.5. The fourth-order valence-electron chi connectivity index (χ4n) is 2.16. The van der Waals surface area contributed by atoms with E-state index < -0.39 is 5.97 Å². The predicted molar refractivity (Wildman–Crippen MR) is 77.9 cm³/mol. The standard InChI is InChI=1S/C14H15ClN2O4/c1-17-11(6-10(16-17)14(18)19)13-8(7-20-2)4-9(15)5-12(13)21-3/h4-6H,7H2,1-3H3,(H,18,19). The molecular weight excluding hydrogens is 296 g/mol. The molecule has 0 spiro atoms. The Morgan fingerprint density at radius 2 is 2.10 bits per heavy atom. The zero-order valence-electron chi connectivity index (χ0n) is 11.9. The third-order valence-corrected chi connectivity index (χ3v) is 3.24. The van der Waals surface area contributed by atoms with E-state index in [1.807, 2.05) is 0 Å². The fraction of sp³-hybridized carbons (Fsp3) is 0.286. The van der Waals surface area contributed by atoms with Crippen LogP contribution in [-0.4, -0.2) is 35.1 Å². The number of carboxylic acids is 1. The van der Waals surface area contributed by atoms with E-state index in [1.165, 1.54) is 17.9 Å². The predicted octanol–water partition coefficient (Wildman–Crippen LogP) is 2.59. The molecule has 1 aromatic heterocycles. The molecule has 0 bridgehead atoms. The second kappa shape index (κ2) is 6.15. The van der Waals surface area contributed by atoms with E-state index in [1.54, 1.807) is 26.3 Å². The van der Waals surface area contributed by atoms with Crippen LogP contribution in [0.4, 0.5) is 0 Å². The molecule has 7 heteroatoms. The number of hydrogen-bond donors (Lipinski definition) is 1. The van der Waals surface area contributed by atoms with Crippen LogP contribution in [0.2, 0.25) is 5.02 Å². The van der Waals surface area contributed by atoms with Gasteiger partial charge < -0.3 is 14.6 Å². The minimum absolute atomic E-state index is 0.0344. The molecule has 0 amide bonds. The summed E-state index contributed by atoms with van der Waals surface area (Å²) in [5.74, 6) is -0.549. The van der Waals surface area contributed by atoms with E-state index in [0.29, 0.717) is 28.6 Å². The summed E-state index contributed by atoms with van der Waals surface area (Å²) in [5, 5.41) is 13.6. The molecule has 1 heterocycles. The van der Waals surface area contributed by atoms with Crippen LogP contribution in [0.3, 0.4) is 0 Å². The number of ether oxygens (including phenoxy) is 2. The Morgan fingerprint density at radius 1 is 1.38 bits per heavy atom. The van der Waals surface area contributed by atoms with Gasteiger partial charge in [-0.25, -0.2) is 4.79 Å². The number of aromatic carboxylic acids is 1. The molecule has 21 heavy (non-hydrogen) atoms. The Kier molecular flexibility index (Phi) is 4.50. The maximum atomic E-state index is 11.1. The third-order valence-electron chi connectivity index (χ3n) is 3.02. The van der Waals surface area contributed by atoms with E-state index in [4.69, 9.17) is 26.2 Å². The zero-order chi connectivity index (χ0) is 15.6. The lowest BCUT2D eigenvalue weighted by molar-refractivity contribution is 0.0689. The number of aryl methyl sites for hydroxylation is 1. The van der Waals surface area contributed by atoms with Crippen molar-refractivity contribution in [3.63, 3.8) is 0 Å². The van der Waals surface area contributed by atoms with Crippen molar-refractivity contribution in [2.75, 3.05) is 14.2 Å². The minimum Gasteiger partial charge on any atom is -0.496 e. The second-order valence-electron chi connectivity index (χ2n) is 4.42. The van der Waals surface area contributed by atoms with Crippen molar-refractivity contribution >= 4 is 17.6 Å². The van der Waals surface area contributed by atoms with Gasteiger partial charge in [0, 0.05) is 24.7 Å². The Labute approximate surface area is 126 Å². The Balaban J connectivity index is 2.69. The molecule has 0 saturated heterocycles. The van der Waals surface area contributed by atoms with Crippen LogP contribution in [0.25, 0.3) is 11.3 Å². The quantitative estimate of drug-likeness (QED) is 0.919. The number of aromatic nitrogens is 2. The average molecular weight is 311 g/mol. The molecule has 2 rings (SSSR count). The lowest BCUT2D eigenvalue weighted by Gasteiger charge is -2.14. The monoisotopic (exact) mass is 310 g/mol. The molecule has 1 aromatic carbocycles. The first-order valence-corrected chi connectivity index (χ1v) is 6.48. The molecule has 112 valence electrons. The topological polar surface area (TPSA) is 73.6 Å². The van der Waals surface area contributed by atoms with Gasteiger partial charge in [-0.15, -0.1) is 0 Å². The Bertz CT molecular complexity index is 682. The number of benzene rings is 1. The van der Waals surface area contributed by atoms with E-state index in [-0.39, 0.29) is 5.69 Å². The SMILES string of the molecule is COCc1cc(Cl)cc(OC)c1-c1cc(C(=O)O)nn1C. The fourth-order valence-corrected chi connectivity index (χ4v) is 2.39. The maximum absolute atomic E-state index is 11.1. The van der Waals surface area contributed by atoms with Crippen LogP contribution in [-0.2, 0) is 18.4 Å². The summed E-state index contributed by atoms with van der Waals surface area (Å²) in [5.41, 5.74) is 2.09. The lowest BCUT2D eigenvalue weighted by atomic mass is 10.0. The van der Waals surface area contributed by atoms with Gasteiger partial charge in [-0.2, -0.15) is 5.10 Å². The van der Waals surface area contributed by atoms with Crippen molar-refractivity contribution in [3.05, 3.63) is 34.5 Å². The number of hydrogen-bond acceptors (Lipinski definition) is 4. The number of carbonyl (C=O) groups is 1. The number of methoxy groups -OCH3 is 2. The number of halogens is 1. The summed E-state index contributed by atoms with van der Waals surface area (Å²) >= 11 is 6.07. The van der Waals surface area contributed by atoms with Gasteiger partial charge in [0.2, 0.25) is 0 Å². The smallest absolute Gasteiger partial charge is 0.356 e. The summed E-state index contributed by atoms with van der Waals surface area (Å²) in [6.45, 7) is 0.319. The first-order chi connectivity index (χ1) is 9.97. The summed E-state index contributed by atoms with van der Waals surface area (Å²) in [6, 6.07) is 4.92. The first kappa shape index (κ1) is 15.3. The van der Waals surface area contributed by atoms with Gasteiger partial charge >= 0.3 is 5.97 Å². The molecule has 0 aliphatic rings. The molecule has 0 atom stereocenters. The van der Waals surface area contributed by atoms with Crippen molar-refractivity contribution in [2.24, 2.45) is 7.05 Å². The van der Waals surface area contributed by atoms with Gasteiger partial charge in [0.1, 0.15) is 5.75 Å². The maximum Gasteiger partial charge on any atom is 0.356 e. The van der Waals surface area contributed by atoms with Crippen LogP contribution in [0, 0.1) is 0 Å². The average Bonchev–Trinajstić information content (AvgIpc) is 2.80. The summed E-state index contributed by atoms with van der Waals surface area (Å²) in [6.07, 6.45) is 0.